The highest BCUT2D eigenvalue weighted by Crippen LogP contribution is 2.20. The van der Waals surface area contributed by atoms with Gasteiger partial charge in [-0.05, 0) is 90.3 Å². The molecule has 10 amide bonds. The molecule has 2 rings (SSSR count). The minimum absolute atomic E-state index is 0.0438. The molecule has 1 aliphatic rings. The van der Waals surface area contributed by atoms with Gasteiger partial charge in [0, 0.05) is 51.4 Å². The Labute approximate surface area is 445 Å². The molecule has 1 aliphatic heterocycles. The first-order valence-electron chi connectivity index (χ1n) is 25.4. The van der Waals surface area contributed by atoms with Crippen molar-refractivity contribution in [2.75, 3.05) is 52.4 Å². The number of aromatic nitrogens is 2. The molecule has 0 aliphatic carbocycles. The molecule has 25 N–H and O–H groups in total. The normalized spacial score (nSPS) is 15.8. The average Bonchev–Trinajstić information content (AvgIpc) is 4.11. The molecule has 7 atom stereocenters. The number of rotatable bonds is 36. The number of hydrogen-bond donors (Lipinski definition) is 17. The number of carbonyl (C=O) groups excluding carboxylic acids is 10. The number of hydrogen-bond acceptors (Lipinski definition) is 18. The molecule has 77 heavy (non-hydrogen) atoms. The Balaban J connectivity index is 2.34. The van der Waals surface area contributed by atoms with Gasteiger partial charge in [-0.3, -0.25) is 52.9 Å². The third kappa shape index (κ3) is 24.4. The lowest BCUT2D eigenvalue weighted by atomic mass is 10.1. The zero-order chi connectivity index (χ0) is 57.5. The highest BCUT2D eigenvalue weighted by molar-refractivity contribution is 6.40. The molecule has 0 aromatic carbocycles. The number of carbonyl (C=O) groups is 10. The minimum atomic E-state index is -1.66. The number of aliphatic hydroxyl groups is 1. The van der Waals surface area contributed by atoms with E-state index in [0.29, 0.717) is 44.3 Å². The van der Waals surface area contributed by atoms with Crippen molar-refractivity contribution in [3.8, 4) is 0 Å². The predicted octanol–water partition coefficient (Wildman–Crippen LogP) is -7.71. The van der Waals surface area contributed by atoms with Crippen LogP contribution < -0.4 is 83.1 Å². The van der Waals surface area contributed by atoms with Crippen molar-refractivity contribution in [3.05, 3.63) is 30.0 Å². The lowest BCUT2D eigenvalue weighted by molar-refractivity contribution is -0.136. The maximum absolute atomic E-state index is 14.2. The number of nitrogens with zero attached hydrogens (tertiary/aromatic N) is 4. The molecule has 0 spiro atoms. The molecular weight excluding hydrogens is 1010 g/mol. The van der Waals surface area contributed by atoms with Crippen molar-refractivity contribution in [2.24, 2.45) is 55.9 Å². The monoisotopic (exact) mass is 1090 g/mol. The Morgan fingerprint density at radius 1 is 0.805 bits per heavy atom. The van der Waals surface area contributed by atoms with Gasteiger partial charge in [-0.1, -0.05) is 12.5 Å². The molecule has 1 aromatic heterocycles. The molecule has 31 nitrogen and oxygen atoms in total. The summed E-state index contributed by atoms with van der Waals surface area (Å²) in [5.41, 5.74) is 44.7. The van der Waals surface area contributed by atoms with Crippen LogP contribution in [0.15, 0.2) is 34.3 Å². The Kier molecular flexibility index (Phi) is 30.5. The quantitative estimate of drug-likeness (QED) is 0.0128. The van der Waals surface area contributed by atoms with Gasteiger partial charge in [0.15, 0.2) is 5.96 Å². The van der Waals surface area contributed by atoms with Crippen molar-refractivity contribution in [1.82, 2.24) is 52.1 Å². The number of aliphatic hydroxyl groups excluding tert-OH is 1. The number of nitrogens with one attached hydrogen (secondary N) is 8. The fraction of sp³-hybridized carbons (Fsp3) is 0.630. The Hall–Kier alpha value is -7.45. The van der Waals surface area contributed by atoms with Crippen LogP contribution in [0.25, 0.3) is 0 Å². The smallest absolute Gasteiger partial charge is 0.269 e. The summed E-state index contributed by atoms with van der Waals surface area (Å²) in [5.74, 6) is -8.52. The first-order chi connectivity index (χ1) is 36.7. The van der Waals surface area contributed by atoms with E-state index in [1.807, 2.05) is 0 Å². The fourth-order valence-electron chi connectivity index (χ4n) is 7.66. The number of guanidine groups is 1. The van der Waals surface area contributed by atoms with E-state index in [1.54, 1.807) is 0 Å². The Bertz CT molecular complexity index is 2220. The number of aromatic amines is 1. The third-order valence-corrected chi connectivity index (χ3v) is 11.8. The second-order valence-electron chi connectivity index (χ2n) is 18.0. The van der Waals surface area contributed by atoms with E-state index in [4.69, 9.17) is 45.9 Å². The Morgan fingerprint density at radius 3 is 2.08 bits per heavy atom. The van der Waals surface area contributed by atoms with Crippen molar-refractivity contribution < 1.29 is 53.1 Å². The van der Waals surface area contributed by atoms with Crippen LogP contribution in [0.2, 0.25) is 0 Å². The van der Waals surface area contributed by atoms with E-state index in [0.717, 1.165) is 0 Å². The summed E-state index contributed by atoms with van der Waals surface area (Å²) in [6.45, 7) is 0.680. The summed E-state index contributed by atoms with van der Waals surface area (Å²) < 4.78 is 0. The zero-order valence-corrected chi connectivity index (χ0v) is 43.6. The minimum Gasteiger partial charge on any atom is -0.389 e. The second-order valence-corrected chi connectivity index (χ2v) is 18.0. The number of aliphatic imine (C=N–C) groups is 2. The molecule has 0 saturated carbocycles. The van der Waals surface area contributed by atoms with E-state index < -0.39 is 115 Å². The summed E-state index contributed by atoms with van der Waals surface area (Å²) in [6, 6.07) is -7.96. The SMILES string of the molecule is CC(=O)NCC[C@H](NC(=O)[C@@H](NC(=O)[C@@H](N)CCCCN)[C@@H](O)CN)C(=O)NCC(=O)N=C(CCCN)C(=O)N1CCC[C@H]1C(=O)N[C@@H](Cc1cnc[nH]1)C(=O)N[C@@H](CCCCN)C(=O)N/C(=C\CCN=C(N)N)C(N)=O. The number of amides is 10. The summed E-state index contributed by atoms with van der Waals surface area (Å²) >= 11 is 0. The molecule has 430 valence electrons. The Morgan fingerprint density at radius 2 is 1.47 bits per heavy atom. The predicted molar refractivity (Wildman–Crippen MR) is 281 cm³/mol. The fourth-order valence-corrected chi connectivity index (χ4v) is 7.66. The summed E-state index contributed by atoms with van der Waals surface area (Å²) in [5, 5.41) is 28.0. The van der Waals surface area contributed by atoms with Gasteiger partial charge in [-0.15, -0.1) is 0 Å². The average molecular weight is 1090 g/mol. The van der Waals surface area contributed by atoms with E-state index >= 15 is 0 Å². The van der Waals surface area contributed by atoms with Gasteiger partial charge in [0.2, 0.25) is 41.4 Å². The number of unbranched alkanes of at least 4 members (excludes halogenated alkanes) is 2. The summed E-state index contributed by atoms with van der Waals surface area (Å²) in [6.07, 6.45) is 5.05. The third-order valence-electron chi connectivity index (χ3n) is 11.8. The van der Waals surface area contributed by atoms with Crippen molar-refractivity contribution in [2.45, 2.75) is 133 Å². The van der Waals surface area contributed by atoms with Crippen molar-refractivity contribution >= 4 is 70.7 Å². The molecule has 1 saturated heterocycles. The molecule has 1 aromatic rings. The zero-order valence-electron chi connectivity index (χ0n) is 43.6. The number of imidazole rings is 1. The van der Waals surface area contributed by atoms with Crippen LogP contribution in [0.3, 0.4) is 0 Å². The van der Waals surface area contributed by atoms with Crippen LogP contribution in [0.5, 0.6) is 0 Å². The van der Waals surface area contributed by atoms with Crippen LogP contribution in [-0.4, -0.2) is 185 Å². The largest absolute Gasteiger partial charge is 0.389 e. The van der Waals surface area contributed by atoms with Gasteiger partial charge in [0.05, 0.1) is 25.0 Å². The van der Waals surface area contributed by atoms with Gasteiger partial charge in [-0.25, -0.2) is 9.98 Å². The van der Waals surface area contributed by atoms with Gasteiger partial charge < -0.3 is 98.1 Å². The number of likely N-dealkylation sites (tertiary alicyclic amines) is 1. The van der Waals surface area contributed by atoms with Gasteiger partial charge in [0.25, 0.3) is 17.7 Å². The topological polar surface area (TPSA) is 540 Å². The molecule has 0 unspecified atom stereocenters. The maximum Gasteiger partial charge on any atom is 0.269 e. The van der Waals surface area contributed by atoms with E-state index in [-0.39, 0.29) is 101 Å². The summed E-state index contributed by atoms with van der Waals surface area (Å²) in [7, 11) is 0. The second kappa shape index (κ2) is 35.7. The van der Waals surface area contributed by atoms with Gasteiger partial charge >= 0.3 is 0 Å². The number of H-pyrrole nitrogens is 1. The lowest BCUT2D eigenvalue weighted by Gasteiger charge is -2.27. The number of primary amides is 1. The molecule has 2 heterocycles. The maximum atomic E-state index is 14.2. The molecule has 0 bridgehead atoms. The molecule has 1 fully saturated rings. The van der Waals surface area contributed by atoms with Crippen LogP contribution in [-0.2, 0) is 54.4 Å². The highest BCUT2D eigenvalue weighted by Gasteiger charge is 2.39. The van der Waals surface area contributed by atoms with Crippen LogP contribution in [0.4, 0.5) is 0 Å². The molecule has 31 heteroatoms. The highest BCUT2D eigenvalue weighted by atomic mass is 16.3. The van der Waals surface area contributed by atoms with Crippen LogP contribution in [0, 0.1) is 0 Å². The molecule has 0 radical (unpaired) electrons. The van der Waals surface area contributed by atoms with E-state index in [9.17, 15) is 53.1 Å². The van der Waals surface area contributed by atoms with Crippen LogP contribution in [0.1, 0.15) is 89.7 Å². The standard InChI is InChI=1S/C46H80N20O11/c1-26(67)56-19-14-31(63-44(76)37(35(68)22-50)65-39(71)28(51)9-2-4-15-47)40(72)58-24-36(69)60-32(11-6-17-49)45(77)66-20-8-13-34(66)43(75)64-33(21-27-23-55-25-59-27)42(74)62-30(10-3-5-16-48)41(73)61-29(38(52)70)12-7-18-57-46(53)54/h12,23,25,28,30-31,33-35,37,68H,2-11,13-22,24,47-51H2,1H3,(H2,52,70)(H,55,59)(H,56,67)(H,58,72)(H,61,73)(H,62,74)(H,63,76)(H,64,75)(H,65,71)(H4,53,54,57)/b29-12-,60-32?/t28-,30-,31-,33-,34-,35-,37-/m0/s1. The van der Waals surface area contributed by atoms with Crippen molar-refractivity contribution in [3.63, 3.8) is 0 Å². The first-order valence-corrected chi connectivity index (χ1v) is 25.4. The van der Waals surface area contributed by atoms with Crippen molar-refractivity contribution in [1.29, 1.82) is 0 Å². The van der Waals surface area contributed by atoms with E-state index in [1.165, 1.54) is 30.4 Å². The molecular formula is C46H80N20O11. The van der Waals surface area contributed by atoms with E-state index in [2.05, 4.69) is 57.2 Å². The summed E-state index contributed by atoms with van der Waals surface area (Å²) in [4.78, 5) is 149. The van der Waals surface area contributed by atoms with Gasteiger partial charge in [0.1, 0.15) is 41.6 Å². The lowest BCUT2D eigenvalue weighted by Crippen LogP contribution is -2.61. The van der Waals surface area contributed by atoms with Crippen LogP contribution >= 0.6 is 0 Å². The number of nitrogens with two attached hydrogens (primary N) is 8. The van der Waals surface area contributed by atoms with Gasteiger partial charge in [-0.2, -0.15) is 0 Å². The first kappa shape index (κ1) is 65.7.